The zero-order chi connectivity index (χ0) is 29.7. The Morgan fingerprint density at radius 2 is 1.93 bits per heavy atom. The Morgan fingerprint density at radius 1 is 1.17 bits per heavy atom. The van der Waals surface area contributed by atoms with Crippen molar-refractivity contribution in [1.29, 1.82) is 0 Å². The summed E-state index contributed by atoms with van der Waals surface area (Å²) in [6.45, 7) is 0. The van der Waals surface area contributed by atoms with Crippen LogP contribution in [0.25, 0.3) is 11.1 Å². The lowest BCUT2D eigenvalue weighted by atomic mass is 10.0. The SMILES string of the molecule is C=S1(=O)CCC(n2cc(Cc3ncc(-c4ccc(CC(=O)Nc5cc(C6(C(F)(F)F)CC6)on5)c(F)c4)cn3)cn2)C1. The lowest BCUT2D eigenvalue weighted by Gasteiger charge is -2.14. The standard InChI is InChI=1S/C28H26F4N6O3S/c1-42(40)7-4-21(16-42)38-15-17(12-35-38)8-24-33-13-20(14-34-24)18-2-3-19(22(29)9-18)10-26(39)36-25-11-23(41-37-25)27(5-6-27)28(30,31)32/h2-3,9,11-15,21H,1,4-8,10,16H2,(H,36,37,39). The molecule has 1 aliphatic heterocycles. The van der Waals surface area contributed by atoms with Gasteiger partial charge in [0.25, 0.3) is 0 Å². The predicted octanol–water partition coefficient (Wildman–Crippen LogP) is 4.49. The first-order chi connectivity index (χ1) is 19.9. The normalized spacial score (nSPS) is 21.4. The number of amides is 1. The second-order valence-electron chi connectivity index (χ2n) is 10.9. The molecule has 6 rings (SSSR count). The molecule has 1 N–H and O–H groups in total. The van der Waals surface area contributed by atoms with Gasteiger partial charge >= 0.3 is 6.18 Å². The molecular formula is C28H26F4N6O3S. The number of nitrogens with zero attached hydrogens (tertiary/aromatic N) is 5. The first-order valence-corrected chi connectivity index (χ1v) is 15.3. The summed E-state index contributed by atoms with van der Waals surface area (Å²) in [5.74, 6) is 3.69. The van der Waals surface area contributed by atoms with Crippen LogP contribution >= 0.6 is 0 Å². The fraction of sp³-hybridized carbons (Fsp3) is 0.357. The number of benzene rings is 1. The van der Waals surface area contributed by atoms with Crippen LogP contribution in [0.1, 0.15) is 48.0 Å². The molecule has 1 amide bonds. The molecular weight excluding hydrogens is 576 g/mol. The Morgan fingerprint density at radius 3 is 2.57 bits per heavy atom. The van der Waals surface area contributed by atoms with Crippen molar-refractivity contribution in [2.24, 2.45) is 0 Å². The van der Waals surface area contributed by atoms with E-state index in [2.05, 4.69) is 31.4 Å². The van der Waals surface area contributed by atoms with Crippen LogP contribution in [0.4, 0.5) is 23.4 Å². The molecule has 1 aromatic carbocycles. The second-order valence-corrected chi connectivity index (χ2v) is 13.5. The molecule has 0 spiro atoms. The van der Waals surface area contributed by atoms with Crippen LogP contribution in [0.5, 0.6) is 0 Å². The predicted molar refractivity (Wildman–Crippen MR) is 147 cm³/mol. The van der Waals surface area contributed by atoms with Crippen molar-refractivity contribution in [2.45, 2.75) is 49.7 Å². The van der Waals surface area contributed by atoms with E-state index < -0.39 is 32.8 Å². The molecule has 1 aliphatic carbocycles. The third kappa shape index (κ3) is 5.67. The van der Waals surface area contributed by atoms with Crippen LogP contribution in [-0.2, 0) is 32.6 Å². The topological polar surface area (TPSA) is 116 Å². The Kier molecular flexibility index (Phi) is 6.90. The van der Waals surface area contributed by atoms with Crippen LogP contribution in [0, 0.1) is 5.82 Å². The summed E-state index contributed by atoms with van der Waals surface area (Å²) in [6.07, 6.45) is 3.01. The maximum Gasteiger partial charge on any atom is 0.401 e. The number of carbonyl (C=O) groups is 1. The van der Waals surface area contributed by atoms with Crippen LogP contribution < -0.4 is 5.32 Å². The second kappa shape index (κ2) is 10.3. The molecule has 1 saturated heterocycles. The number of anilines is 1. The molecule has 2 atom stereocenters. The summed E-state index contributed by atoms with van der Waals surface area (Å²) in [5.41, 5.74) is 0.0475. The van der Waals surface area contributed by atoms with E-state index in [0.29, 0.717) is 34.9 Å². The molecule has 42 heavy (non-hydrogen) atoms. The number of alkyl halides is 3. The molecule has 220 valence electrons. The van der Waals surface area contributed by atoms with Crippen LogP contribution in [0.3, 0.4) is 0 Å². The number of rotatable bonds is 8. The van der Waals surface area contributed by atoms with Gasteiger partial charge in [0.15, 0.2) is 11.6 Å². The monoisotopic (exact) mass is 602 g/mol. The maximum atomic E-state index is 14.9. The van der Waals surface area contributed by atoms with Crippen LogP contribution in [0.15, 0.2) is 53.6 Å². The number of hydrogen-bond acceptors (Lipinski definition) is 7. The highest BCUT2D eigenvalue weighted by molar-refractivity contribution is 8.00. The molecule has 2 unspecified atom stereocenters. The number of aromatic nitrogens is 5. The summed E-state index contributed by atoms with van der Waals surface area (Å²) in [4.78, 5) is 21.2. The molecule has 14 heteroatoms. The van der Waals surface area contributed by atoms with Gasteiger partial charge in [-0.25, -0.2) is 14.4 Å². The Labute approximate surface area is 238 Å². The molecule has 9 nitrogen and oxygen atoms in total. The van der Waals surface area contributed by atoms with Crippen molar-refractivity contribution in [3.8, 4) is 11.1 Å². The average molecular weight is 603 g/mol. The minimum atomic E-state index is -4.47. The molecule has 3 aromatic heterocycles. The van der Waals surface area contributed by atoms with Crippen LogP contribution in [0.2, 0.25) is 0 Å². The molecule has 4 aromatic rings. The van der Waals surface area contributed by atoms with Crippen molar-refractivity contribution in [1.82, 2.24) is 24.9 Å². The molecule has 2 aliphatic rings. The van der Waals surface area contributed by atoms with E-state index in [1.807, 2.05) is 10.9 Å². The number of hydrogen-bond donors (Lipinski definition) is 1. The zero-order valence-corrected chi connectivity index (χ0v) is 23.1. The van der Waals surface area contributed by atoms with Gasteiger partial charge in [-0.1, -0.05) is 17.3 Å². The third-order valence-corrected chi connectivity index (χ3v) is 9.67. The maximum absolute atomic E-state index is 14.9. The van der Waals surface area contributed by atoms with E-state index in [0.717, 1.165) is 18.1 Å². The largest absolute Gasteiger partial charge is 0.401 e. The van der Waals surface area contributed by atoms with Crippen molar-refractivity contribution >= 4 is 27.1 Å². The quantitative estimate of drug-likeness (QED) is 0.233. The van der Waals surface area contributed by atoms with Gasteiger partial charge in [-0.2, -0.15) is 18.3 Å². The van der Waals surface area contributed by atoms with Gasteiger partial charge < -0.3 is 9.84 Å². The van der Waals surface area contributed by atoms with Gasteiger partial charge in [0.05, 0.1) is 18.7 Å². The average Bonchev–Trinajstić information content (AvgIpc) is 3.22. The Bertz CT molecular complexity index is 1740. The first-order valence-electron chi connectivity index (χ1n) is 13.2. The van der Waals surface area contributed by atoms with Gasteiger partial charge in [0.1, 0.15) is 17.1 Å². The van der Waals surface area contributed by atoms with Gasteiger partial charge in [-0.05, 0) is 57.4 Å². The molecule has 1 saturated carbocycles. The van der Waals surface area contributed by atoms with Crippen molar-refractivity contribution < 1.29 is 31.1 Å². The summed E-state index contributed by atoms with van der Waals surface area (Å²) in [6, 6.07) is 5.48. The third-order valence-electron chi connectivity index (χ3n) is 7.70. The summed E-state index contributed by atoms with van der Waals surface area (Å²) < 4.78 is 73.6. The van der Waals surface area contributed by atoms with E-state index >= 15 is 0 Å². The van der Waals surface area contributed by atoms with E-state index in [1.54, 1.807) is 24.7 Å². The van der Waals surface area contributed by atoms with Crippen molar-refractivity contribution in [2.75, 3.05) is 16.8 Å². The number of carbonyl (C=O) groups excluding carboxylic acids is 1. The Balaban J connectivity index is 1.06. The summed E-state index contributed by atoms with van der Waals surface area (Å²) in [7, 11) is -2.02. The fourth-order valence-corrected chi connectivity index (χ4v) is 7.00. The smallest absolute Gasteiger partial charge is 0.358 e. The minimum absolute atomic E-state index is 0.0734. The highest BCUT2D eigenvalue weighted by atomic mass is 32.2. The minimum Gasteiger partial charge on any atom is -0.358 e. The highest BCUT2D eigenvalue weighted by Crippen LogP contribution is 2.59. The lowest BCUT2D eigenvalue weighted by molar-refractivity contribution is -0.165. The van der Waals surface area contributed by atoms with E-state index in [1.165, 1.54) is 12.1 Å². The number of nitrogens with one attached hydrogen (secondary N) is 1. The van der Waals surface area contributed by atoms with Crippen molar-refractivity contribution in [3.63, 3.8) is 0 Å². The first kappa shape index (κ1) is 28.1. The van der Waals surface area contributed by atoms with Gasteiger partial charge in [0.2, 0.25) is 5.91 Å². The van der Waals surface area contributed by atoms with E-state index in [-0.39, 0.29) is 42.4 Å². The Hall–Kier alpha value is -4.07. The summed E-state index contributed by atoms with van der Waals surface area (Å²) >= 11 is 0. The zero-order valence-electron chi connectivity index (χ0n) is 22.2. The van der Waals surface area contributed by atoms with E-state index in [9.17, 15) is 26.6 Å². The fourth-order valence-electron chi connectivity index (χ4n) is 5.11. The van der Waals surface area contributed by atoms with Crippen molar-refractivity contribution in [3.05, 3.63) is 77.6 Å². The lowest BCUT2D eigenvalue weighted by Crippen LogP contribution is -2.28. The summed E-state index contributed by atoms with van der Waals surface area (Å²) in [5, 5.41) is 10.3. The highest BCUT2D eigenvalue weighted by Gasteiger charge is 2.66. The van der Waals surface area contributed by atoms with E-state index in [4.69, 9.17) is 4.52 Å². The molecule has 2 fully saturated rings. The van der Waals surface area contributed by atoms with Gasteiger partial charge in [0, 0.05) is 48.1 Å². The molecule has 0 radical (unpaired) electrons. The van der Waals surface area contributed by atoms with Gasteiger partial charge in [-0.15, -0.1) is 0 Å². The number of halogens is 4. The molecule has 0 bridgehead atoms. The van der Waals surface area contributed by atoms with Gasteiger partial charge in [-0.3, -0.25) is 13.7 Å². The molecule has 4 heterocycles. The van der Waals surface area contributed by atoms with Crippen LogP contribution in [-0.4, -0.2) is 58.6 Å².